The highest BCUT2D eigenvalue weighted by Crippen LogP contribution is 2.47. The van der Waals surface area contributed by atoms with Gasteiger partial charge in [-0.05, 0) is 48.4 Å². The Balaban J connectivity index is 1.21. The number of aryl methyl sites for hydroxylation is 1. The summed E-state index contributed by atoms with van der Waals surface area (Å²) in [5.74, 6) is 0.630. The number of benzene rings is 1. The Bertz CT molecular complexity index is 1370. The van der Waals surface area contributed by atoms with Crippen LogP contribution in [-0.4, -0.2) is 77.1 Å². The molecule has 4 atom stereocenters. The van der Waals surface area contributed by atoms with Gasteiger partial charge < -0.3 is 29.6 Å². The van der Waals surface area contributed by atoms with Gasteiger partial charge in [0.25, 0.3) is 0 Å². The zero-order valence-corrected chi connectivity index (χ0v) is 21.7. The lowest BCUT2D eigenvalue weighted by Gasteiger charge is -2.49. The first-order valence-corrected chi connectivity index (χ1v) is 14.6. The Labute approximate surface area is 218 Å². The van der Waals surface area contributed by atoms with Crippen molar-refractivity contribution in [2.75, 3.05) is 24.2 Å². The van der Waals surface area contributed by atoms with Gasteiger partial charge in [0.05, 0.1) is 12.4 Å². The number of unbranched alkanes of at least 4 members (excludes halogenated alkanes) is 1. The number of hydrogen-bond donors (Lipinski definition) is 4. The molecule has 1 aromatic carbocycles. The van der Waals surface area contributed by atoms with Gasteiger partial charge in [-0.25, -0.2) is 4.98 Å². The summed E-state index contributed by atoms with van der Waals surface area (Å²) < 4.78 is 18.6. The van der Waals surface area contributed by atoms with Gasteiger partial charge in [0.2, 0.25) is 5.28 Å². The standard InChI is InChI=1S/C24H29ClN5O6P/c25-23-27-20(29-11-24(12-29)9-8-14-5-1-2-6-15(14)24)17-21(28-23)30(13-26-17)22-19(32)18(31)16(36-22)7-3-4-10-37(33,34)35/h1-2,5-6,13,16,18-19,22,31-32H,3-4,7-12H2,(H2,33,34,35)/t16-,18?,19+,22-/m1/s1. The van der Waals surface area contributed by atoms with Gasteiger partial charge in [-0.15, -0.1) is 0 Å². The van der Waals surface area contributed by atoms with Crippen molar-refractivity contribution < 1.29 is 29.3 Å². The van der Waals surface area contributed by atoms with Crippen molar-refractivity contribution in [1.29, 1.82) is 0 Å². The first-order chi connectivity index (χ1) is 17.7. The van der Waals surface area contributed by atoms with Crippen molar-refractivity contribution in [1.82, 2.24) is 19.5 Å². The number of fused-ring (bicyclic) bond motifs is 3. The summed E-state index contributed by atoms with van der Waals surface area (Å²) >= 11 is 6.33. The van der Waals surface area contributed by atoms with Gasteiger partial charge in [-0.3, -0.25) is 9.13 Å². The third kappa shape index (κ3) is 4.46. The van der Waals surface area contributed by atoms with E-state index in [4.69, 9.17) is 26.1 Å². The summed E-state index contributed by atoms with van der Waals surface area (Å²) in [7, 11) is -4.07. The Morgan fingerprint density at radius 1 is 1.14 bits per heavy atom. The number of aliphatic hydroxyl groups is 2. The van der Waals surface area contributed by atoms with E-state index in [1.165, 1.54) is 17.5 Å². The highest BCUT2D eigenvalue weighted by Gasteiger charge is 2.49. The van der Waals surface area contributed by atoms with Crippen molar-refractivity contribution in [3.8, 4) is 0 Å². The maximum Gasteiger partial charge on any atom is 0.325 e. The number of rotatable bonds is 7. The summed E-state index contributed by atoms with van der Waals surface area (Å²) in [6.07, 6.45) is 0.502. The second-order valence-electron chi connectivity index (χ2n) is 10.4. The largest absolute Gasteiger partial charge is 0.388 e. The number of halogens is 1. The molecule has 4 N–H and O–H groups in total. The third-order valence-corrected chi connectivity index (χ3v) is 8.99. The van der Waals surface area contributed by atoms with E-state index in [-0.39, 0.29) is 16.9 Å². The fourth-order valence-corrected chi connectivity index (χ4v) is 6.87. The molecule has 1 spiro atoms. The van der Waals surface area contributed by atoms with Gasteiger partial charge >= 0.3 is 7.60 Å². The summed E-state index contributed by atoms with van der Waals surface area (Å²) in [5.41, 5.74) is 3.85. The fourth-order valence-electron chi connectivity index (χ4n) is 6.07. The minimum absolute atomic E-state index is 0.0547. The van der Waals surface area contributed by atoms with Crippen LogP contribution in [0.1, 0.15) is 43.0 Å². The van der Waals surface area contributed by atoms with Crippen molar-refractivity contribution in [2.45, 2.75) is 62.1 Å². The molecule has 13 heteroatoms. The zero-order chi connectivity index (χ0) is 25.9. The Morgan fingerprint density at radius 3 is 2.70 bits per heavy atom. The van der Waals surface area contributed by atoms with Crippen LogP contribution >= 0.6 is 19.2 Å². The van der Waals surface area contributed by atoms with E-state index in [2.05, 4.69) is 44.1 Å². The molecule has 2 aliphatic heterocycles. The third-order valence-electron chi connectivity index (χ3n) is 7.92. The van der Waals surface area contributed by atoms with E-state index in [0.717, 1.165) is 25.9 Å². The van der Waals surface area contributed by atoms with E-state index < -0.39 is 32.1 Å². The molecule has 6 rings (SSSR count). The van der Waals surface area contributed by atoms with Crippen LogP contribution in [0.15, 0.2) is 30.6 Å². The lowest BCUT2D eigenvalue weighted by molar-refractivity contribution is -0.0373. The molecule has 2 aromatic heterocycles. The van der Waals surface area contributed by atoms with Crippen LogP contribution < -0.4 is 4.90 Å². The normalized spacial score (nSPS) is 26.7. The van der Waals surface area contributed by atoms with E-state index in [0.29, 0.717) is 36.2 Å². The molecule has 37 heavy (non-hydrogen) atoms. The number of hydrogen-bond acceptors (Lipinski definition) is 8. The summed E-state index contributed by atoms with van der Waals surface area (Å²) in [5, 5.41) is 21.4. The number of aliphatic hydroxyl groups excluding tert-OH is 2. The van der Waals surface area contributed by atoms with Gasteiger partial charge in [0.1, 0.15) is 12.2 Å². The van der Waals surface area contributed by atoms with E-state index in [9.17, 15) is 14.8 Å². The minimum Gasteiger partial charge on any atom is -0.388 e. The van der Waals surface area contributed by atoms with E-state index in [1.54, 1.807) is 4.57 Å². The highest BCUT2D eigenvalue weighted by molar-refractivity contribution is 7.51. The molecule has 198 valence electrons. The smallest absolute Gasteiger partial charge is 0.325 e. The molecule has 4 heterocycles. The van der Waals surface area contributed by atoms with Crippen LogP contribution in [0.2, 0.25) is 5.28 Å². The number of nitrogens with zero attached hydrogens (tertiary/aromatic N) is 5. The number of ether oxygens (including phenoxy) is 1. The van der Waals surface area contributed by atoms with Crippen LogP contribution in [0.4, 0.5) is 5.82 Å². The summed E-state index contributed by atoms with van der Waals surface area (Å²) in [6.45, 7) is 1.61. The van der Waals surface area contributed by atoms with Crippen LogP contribution in [0, 0.1) is 0 Å². The molecule has 3 aliphatic rings. The predicted molar refractivity (Wildman–Crippen MR) is 136 cm³/mol. The molecule has 2 fully saturated rings. The molecular formula is C24H29ClN5O6P. The van der Waals surface area contributed by atoms with Gasteiger partial charge in [0, 0.05) is 24.7 Å². The lowest BCUT2D eigenvalue weighted by Crippen LogP contribution is -2.58. The van der Waals surface area contributed by atoms with Crippen LogP contribution in [-0.2, 0) is 21.1 Å². The molecule has 2 saturated heterocycles. The summed E-state index contributed by atoms with van der Waals surface area (Å²) in [6, 6.07) is 8.57. The van der Waals surface area contributed by atoms with E-state index >= 15 is 0 Å². The molecule has 11 nitrogen and oxygen atoms in total. The quantitative estimate of drug-likeness (QED) is 0.196. The topological polar surface area (TPSA) is 154 Å². The highest BCUT2D eigenvalue weighted by atomic mass is 35.5. The van der Waals surface area contributed by atoms with Crippen LogP contribution in [0.5, 0.6) is 0 Å². The van der Waals surface area contributed by atoms with Crippen LogP contribution in [0.25, 0.3) is 11.2 Å². The molecule has 0 radical (unpaired) electrons. The second kappa shape index (κ2) is 9.27. The van der Waals surface area contributed by atoms with Gasteiger partial charge in [-0.2, -0.15) is 9.97 Å². The molecular weight excluding hydrogens is 521 g/mol. The van der Waals surface area contributed by atoms with Crippen molar-refractivity contribution in [3.05, 3.63) is 47.0 Å². The maximum absolute atomic E-state index is 11.1. The number of anilines is 1. The van der Waals surface area contributed by atoms with Crippen molar-refractivity contribution in [3.63, 3.8) is 0 Å². The molecule has 3 aromatic rings. The summed E-state index contributed by atoms with van der Waals surface area (Å²) in [4.78, 5) is 33.6. The van der Waals surface area contributed by atoms with Gasteiger partial charge in [0.15, 0.2) is 23.2 Å². The molecule has 0 saturated carbocycles. The zero-order valence-electron chi connectivity index (χ0n) is 20.0. The van der Waals surface area contributed by atoms with Crippen molar-refractivity contribution in [2.24, 2.45) is 0 Å². The van der Waals surface area contributed by atoms with Crippen LogP contribution in [0.3, 0.4) is 0 Å². The number of aromatic nitrogens is 4. The monoisotopic (exact) mass is 549 g/mol. The molecule has 0 bridgehead atoms. The SMILES string of the molecule is O=P(O)(O)CCCC[C@H]1O[C@@H](n2cnc3c(N4CC5(CCc6ccccc65)C4)nc(Cl)nc32)[C@@H](O)C1O. The molecule has 1 unspecified atom stereocenters. The Morgan fingerprint density at radius 2 is 1.92 bits per heavy atom. The Kier molecular flexibility index (Phi) is 6.31. The van der Waals surface area contributed by atoms with Crippen molar-refractivity contribution >= 4 is 36.2 Å². The minimum atomic E-state index is -4.07. The first kappa shape index (κ1) is 25.2. The lowest BCUT2D eigenvalue weighted by atomic mass is 9.75. The maximum atomic E-state index is 11.1. The second-order valence-corrected chi connectivity index (χ2v) is 12.5. The Hall–Kier alpha value is -2.11. The average Bonchev–Trinajstić information content (AvgIpc) is 3.50. The average molecular weight is 550 g/mol. The first-order valence-electron chi connectivity index (χ1n) is 12.4. The fraction of sp³-hybridized carbons (Fsp3) is 0.542. The van der Waals surface area contributed by atoms with Gasteiger partial charge in [-0.1, -0.05) is 30.7 Å². The molecule has 1 aliphatic carbocycles. The number of imidazole rings is 1. The van der Waals surface area contributed by atoms with E-state index in [1.807, 2.05) is 0 Å². The predicted octanol–water partition coefficient (Wildman–Crippen LogP) is 2.15. The molecule has 0 amide bonds.